The zero-order valence-corrected chi connectivity index (χ0v) is 33.0. The van der Waals surface area contributed by atoms with Gasteiger partial charge in [0, 0.05) is 11.9 Å². The molecule has 0 aliphatic carbocycles. The number of carbonyl (C=O) groups is 2. The maximum Gasteiger partial charge on any atom is 2.00 e. The summed E-state index contributed by atoms with van der Waals surface area (Å²) in [5.74, 6) is -1.91. The Morgan fingerprint density at radius 1 is 0.419 bits per heavy atom. The van der Waals surface area contributed by atoms with E-state index in [0.29, 0.717) is 12.8 Å². The number of carboxylic acids is 2. The number of unbranched alkanes of at least 4 members (excludes halogenated alkanes) is 20. The van der Waals surface area contributed by atoms with E-state index >= 15 is 0 Å². The van der Waals surface area contributed by atoms with E-state index in [0.717, 1.165) is 77.0 Å². The Labute approximate surface area is 307 Å². The van der Waals surface area contributed by atoms with Gasteiger partial charge in [0.2, 0.25) is 0 Å². The predicted molar refractivity (Wildman–Crippen MR) is 178 cm³/mol. The molecule has 0 radical (unpaired) electrons. The molecular formula is C36H70BaO6. The van der Waals surface area contributed by atoms with Crippen LogP contribution in [0.1, 0.15) is 206 Å². The van der Waals surface area contributed by atoms with Gasteiger partial charge in [0.05, 0.1) is 12.2 Å². The van der Waals surface area contributed by atoms with Gasteiger partial charge in [-0.05, 0) is 51.4 Å². The number of rotatable bonds is 32. The van der Waals surface area contributed by atoms with Crippen LogP contribution in [0.25, 0.3) is 0 Å². The number of carbonyl (C=O) groups excluding carboxylic acids is 2. The van der Waals surface area contributed by atoms with Gasteiger partial charge in [0.15, 0.2) is 0 Å². The summed E-state index contributed by atoms with van der Waals surface area (Å²) in [4.78, 5) is 20.5. The minimum atomic E-state index is -0.954. The maximum atomic E-state index is 10.2. The number of carboxylic acid groups (broad SMARTS) is 2. The van der Waals surface area contributed by atoms with Crippen LogP contribution < -0.4 is 10.2 Å². The predicted octanol–water partition coefficient (Wildman–Crippen LogP) is 7.56. The van der Waals surface area contributed by atoms with Crippen molar-refractivity contribution in [1.29, 1.82) is 0 Å². The van der Waals surface area contributed by atoms with Crippen LogP contribution in [0.5, 0.6) is 0 Å². The Kier molecular flexibility index (Phi) is 45.0. The van der Waals surface area contributed by atoms with Gasteiger partial charge in [-0.3, -0.25) is 0 Å². The Balaban J connectivity index is -0.000000727. The molecule has 2 unspecified atom stereocenters. The Hall–Kier alpha value is 0.431. The molecule has 0 bridgehead atoms. The van der Waals surface area contributed by atoms with E-state index in [1.54, 1.807) is 0 Å². The van der Waals surface area contributed by atoms with Crippen LogP contribution in [0.2, 0.25) is 0 Å². The molecule has 0 fully saturated rings. The van der Waals surface area contributed by atoms with Crippen LogP contribution in [-0.4, -0.2) is 83.2 Å². The SMILES string of the molecule is CCCCCCCCCCC(O)CCCCCCC(=O)[O-].CCCCCCCCCCC(O)CCCCCCC(=O)[O-].[Ba+2]. The van der Waals surface area contributed by atoms with Crippen LogP contribution in [0.4, 0.5) is 0 Å². The van der Waals surface area contributed by atoms with Gasteiger partial charge in [-0.15, -0.1) is 0 Å². The van der Waals surface area contributed by atoms with Crippen LogP contribution in [0.15, 0.2) is 0 Å². The zero-order valence-electron chi connectivity index (χ0n) is 28.6. The Morgan fingerprint density at radius 2 is 0.628 bits per heavy atom. The van der Waals surface area contributed by atoms with Crippen molar-refractivity contribution in [3.8, 4) is 0 Å². The van der Waals surface area contributed by atoms with Gasteiger partial charge in [-0.25, -0.2) is 0 Å². The van der Waals surface area contributed by atoms with Crippen LogP contribution >= 0.6 is 0 Å². The van der Waals surface area contributed by atoms with Crippen molar-refractivity contribution in [2.24, 2.45) is 0 Å². The van der Waals surface area contributed by atoms with E-state index in [9.17, 15) is 30.0 Å². The van der Waals surface area contributed by atoms with Crippen molar-refractivity contribution in [2.75, 3.05) is 0 Å². The summed E-state index contributed by atoms with van der Waals surface area (Å²) >= 11 is 0. The first-order valence-corrected chi connectivity index (χ1v) is 18.1. The number of hydrogen-bond donors (Lipinski definition) is 2. The minimum absolute atomic E-state index is 0. The molecule has 0 saturated heterocycles. The molecule has 2 N–H and O–H groups in total. The fourth-order valence-corrected chi connectivity index (χ4v) is 5.32. The molecule has 0 spiro atoms. The molecule has 0 aromatic heterocycles. The smallest absolute Gasteiger partial charge is 0.550 e. The average molecular weight is 736 g/mol. The van der Waals surface area contributed by atoms with Gasteiger partial charge >= 0.3 is 48.9 Å². The number of aliphatic carboxylic acids is 2. The molecule has 0 rings (SSSR count). The first kappa shape index (κ1) is 47.8. The molecule has 7 heteroatoms. The van der Waals surface area contributed by atoms with Crippen LogP contribution in [0, 0.1) is 0 Å². The molecule has 0 saturated carbocycles. The van der Waals surface area contributed by atoms with Crippen molar-refractivity contribution in [2.45, 2.75) is 219 Å². The number of aliphatic hydroxyl groups is 2. The van der Waals surface area contributed by atoms with Crippen molar-refractivity contribution < 1.29 is 30.0 Å². The molecule has 0 aliphatic rings. The van der Waals surface area contributed by atoms with Crippen molar-refractivity contribution in [3.05, 3.63) is 0 Å². The molecular weight excluding hydrogens is 666 g/mol. The van der Waals surface area contributed by atoms with Gasteiger partial charge in [-0.2, -0.15) is 0 Å². The molecule has 0 heterocycles. The first-order chi connectivity index (χ1) is 20.3. The average Bonchev–Trinajstić information content (AvgIpc) is 2.95. The standard InChI is InChI=1S/2C18H36O3.Ba/c2*1-2-3-4-5-6-7-8-11-14-17(19)15-12-9-10-13-16-18(20)21;/h2*17,19H,2-16H2,1H3,(H,20,21);/q;;+2/p-2. The number of hydrogen-bond acceptors (Lipinski definition) is 6. The summed E-state index contributed by atoms with van der Waals surface area (Å²) in [6.07, 6.45) is 31.8. The Morgan fingerprint density at radius 3 is 0.860 bits per heavy atom. The Bertz CT molecular complexity index is 512. The second-order valence-electron chi connectivity index (χ2n) is 12.5. The number of aliphatic hydroxyl groups excluding tert-OH is 2. The van der Waals surface area contributed by atoms with Crippen LogP contribution in [0.3, 0.4) is 0 Å². The fourth-order valence-electron chi connectivity index (χ4n) is 5.32. The topological polar surface area (TPSA) is 121 Å². The summed E-state index contributed by atoms with van der Waals surface area (Å²) in [6.45, 7) is 4.48. The first-order valence-electron chi connectivity index (χ1n) is 18.1. The minimum Gasteiger partial charge on any atom is -0.550 e. The maximum absolute atomic E-state index is 10.2. The monoisotopic (exact) mass is 736 g/mol. The van der Waals surface area contributed by atoms with Gasteiger partial charge in [-0.1, -0.05) is 155 Å². The van der Waals surface area contributed by atoms with E-state index in [4.69, 9.17) is 0 Å². The molecule has 0 aromatic rings. The third-order valence-corrected chi connectivity index (χ3v) is 8.12. The van der Waals surface area contributed by atoms with E-state index < -0.39 is 11.9 Å². The molecule has 43 heavy (non-hydrogen) atoms. The quantitative estimate of drug-likeness (QED) is 0.0544. The van der Waals surface area contributed by atoms with Gasteiger partial charge in [0.1, 0.15) is 0 Å². The summed E-state index contributed by atoms with van der Waals surface area (Å²) in [7, 11) is 0. The van der Waals surface area contributed by atoms with E-state index in [1.807, 2.05) is 0 Å². The molecule has 0 aliphatic heterocycles. The summed E-state index contributed by atoms with van der Waals surface area (Å²) in [5.41, 5.74) is 0. The van der Waals surface area contributed by atoms with Gasteiger partial charge in [0.25, 0.3) is 0 Å². The van der Waals surface area contributed by atoms with Crippen LogP contribution in [-0.2, 0) is 9.59 Å². The third-order valence-electron chi connectivity index (χ3n) is 8.12. The van der Waals surface area contributed by atoms with Crippen molar-refractivity contribution in [3.63, 3.8) is 0 Å². The fraction of sp³-hybridized carbons (Fsp3) is 0.944. The van der Waals surface area contributed by atoms with E-state index in [1.165, 1.54) is 89.9 Å². The van der Waals surface area contributed by atoms with Crippen molar-refractivity contribution in [1.82, 2.24) is 0 Å². The van der Waals surface area contributed by atoms with E-state index in [2.05, 4.69) is 13.8 Å². The molecule has 6 nitrogen and oxygen atoms in total. The molecule has 252 valence electrons. The zero-order chi connectivity index (χ0) is 31.5. The summed E-state index contributed by atoms with van der Waals surface area (Å²) in [5, 5.41) is 40.2. The summed E-state index contributed by atoms with van der Waals surface area (Å²) in [6, 6.07) is 0. The molecule has 0 amide bonds. The molecule has 2 atom stereocenters. The third kappa shape index (κ3) is 47.0. The second kappa shape index (κ2) is 40.5. The summed E-state index contributed by atoms with van der Waals surface area (Å²) < 4.78 is 0. The molecule has 0 aromatic carbocycles. The largest absolute Gasteiger partial charge is 2.00 e. The van der Waals surface area contributed by atoms with E-state index in [-0.39, 0.29) is 73.9 Å². The van der Waals surface area contributed by atoms with Gasteiger partial charge < -0.3 is 30.0 Å². The normalized spacial score (nSPS) is 12.2. The second-order valence-corrected chi connectivity index (χ2v) is 12.5. The van der Waals surface area contributed by atoms with Crippen molar-refractivity contribution >= 4 is 60.8 Å².